The SMILES string of the molecule is Cc1ccc(C(=O)N2CCCc3c(C(N)=O)cccc32)cc1NC(=O)c1ccccc1F. The third kappa shape index (κ3) is 3.97. The average Bonchev–Trinajstić information content (AvgIpc) is 2.79. The summed E-state index contributed by atoms with van der Waals surface area (Å²) >= 11 is 0. The lowest BCUT2D eigenvalue weighted by Crippen LogP contribution is -2.36. The van der Waals surface area contributed by atoms with Crippen LogP contribution < -0.4 is 16.0 Å². The van der Waals surface area contributed by atoms with Crippen molar-refractivity contribution in [2.45, 2.75) is 19.8 Å². The van der Waals surface area contributed by atoms with E-state index in [1.165, 1.54) is 18.2 Å². The number of primary amides is 1. The maximum atomic E-state index is 14.0. The number of anilines is 2. The first-order chi connectivity index (χ1) is 15.4. The Labute approximate surface area is 184 Å². The molecule has 3 N–H and O–H groups in total. The number of hydrogen-bond acceptors (Lipinski definition) is 3. The van der Waals surface area contributed by atoms with Gasteiger partial charge in [0.15, 0.2) is 0 Å². The molecule has 4 rings (SSSR count). The lowest BCUT2D eigenvalue weighted by Gasteiger charge is -2.30. The van der Waals surface area contributed by atoms with Gasteiger partial charge in [0, 0.05) is 29.0 Å². The molecule has 0 fully saturated rings. The lowest BCUT2D eigenvalue weighted by atomic mass is 9.95. The van der Waals surface area contributed by atoms with Crippen LogP contribution in [0.3, 0.4) is 0 Å². The van der Waals surface area contributed by atoms with Gasteiger partial charge in [0.25, 0.3) is 11.8 Å². The highest BCUT2D eigenvalue weighted by molar-refractivity contribution is 6.10. The van der Waals surface area contributed by atoms with Crippen LogP contribution in [-0.4, -0.2) is 24.3 Å². The Bertz CT molecular complexity index is 1240. The second kappa shape index (κ2) is 8.63. The quantitative estimate of drug-likeness (QED) is 0.652. The molecule has 1 heterocycles. The van der Waals surface area contributed by atoms with Crippen molar-refractivity contribution in [1.29, 1.82) is 0 Å². The predicted octanol–water partition coefficient (Wildman–Crippen LogP) is 4.08. The zero-order chi connectivity index (χ0) is 22.8. The highest BCUT2D eigenvalue weighted by atomic mass is 19.1. The summed E-state index contributed by atoms with van der Waals surface area (Å²) < 4.78 is 14.0. The Hall–Kier alpha value is -4.00. The third-order valence-electron chi connectivity index (χ3n) is 5.61. The van der Waals surface area contributed by atoms with E-state index in [4.69, 9.17) is 5.73 Å². The number of aryl methyl sites for hydroxylation is 1. The van der Waals surface area contributed by atoms with Crippen molar-refractivity contribution < 1.29 is 18.8 Å². The molecule has 0 bridgehead atoms. The minimum Gasteiger partial charge on any atom is -0.366 e. The molecule has 0 aliphatic carbocycles. The molecular weight excluding hydrogens is 409 g/mol. The topological polar surface area (TPSA) is 92.5 Å². The van der Waals surface area contributed by atoms with Crippen LogP contribution in [0.4, 0.5) is 15.8 Å². The van der Waals surface area contributed by atoms with Crippen LogP contribution in [0.25, 0.3) is 0 Å². The summed E-state index contributed by atoms with van der Waals surface area (Å²) in [6, 6.07) is 15.9. The van der Waals surface area contributed by atoms with Crippen molar-refractivity contribution in [2.75, 3.05) is 16.8 Å². The number of fused-ring (bicyclic) bond motifs is 1. The summed E-state index contributed by atoms with van der Waals surface area (Å²) in [6.07, 6.45) is 1.36. The van der Waals surface area contributed by atoms with E-state index in [2.05, 4.69) is 5.32 Å². The van der Waals surface area contributed by atoms with Crippen molar-refractivity contribution >= 4 is 29.1 Å². The van der Waals surface area contributed by atoms with Crippen LogP contribution >= 0.6 is 0 Å². The first kappa shape index (κ1) is 21.2. The maximum absolute atomic E-state index is 14.0. The summed E-state index contributed by atoms with van der Waals surface area (Å²) in [5, 5.41) is 2.70. The molecule has 0 radical (unpaired) electrons. The first-order valence-electron chi connectivity index (χ1n) is 10.3. The van der Waals surface area contributed by atoms with Crippen molar-refractivity contribution in [2.24, 2.45) is 5.73 Å². The summed E-state index contributed by atoms with van der Waals surface area (Å²) in [7, 11) is 0. The fraction of sp³-hybridized carbons (Fsp3) is 0.160. The fourth-order valence-electron chi connectivity index (χ4n) is 3.95. The number of halogens is 1. The first-order valence-corrected chi connectivity index (χ1v) is 10.3. The van der Waals surface area contributed by atoms with E-state index in [0.29, 0.717) is 41.9 Å². The number of nitrogens with one attached hydrogen (secondary N) is 1. The van der Waals surface area contributed by atoms with Gasteiger partial charge in [-0.25, -0.2) is 4.39 Å². The molecule has 0 unspecified atom stereocenters. The van der Waals surface area contributed by atoms with E-state index in [-0.39, 0.29) is 11.5 Å². The number of nitrogens with zero attached hydrogens (tertiary/aromatic N) is 1. The number of carbonyl (C=O) groups is 3. The minimum atomic E-state index is -0.620. The lowest BCUT2D eigenvalue weighted by molar-refractivity contribution is 0.0977. The number of amides is 3. The molecule has 6 nitrogen and oxygen atoms in total. The predicted molar refractivity (Wildman–Crippen MR) is 120 cm³/mol. The van der Waals surface area contributed by atoms with Crippen molar-refractivity contribution in [3.63, 3.8) is 0 Å². The van der Waals surface area contributed by atoms with Gasteiger partial charge in [-0.05, 0) is 67.3 Å². The monoisotopic (exact) mass is 431 g/mol. The van der Waals surface area contributed by atoms with E-state index < -0.39 is 17.6 Å². The Kier molecular flexibility index (Phi) is 5.73. The molecule has 3 aromatic carbocycles. The molecular formula is C25H22FN3O3. The molecule has 1 aliphatic rings. The standard InChI is InChI=1S/C25H22FN3O3/c1-15-11-12-16(14-21(15)28-24(31)19-6-2-3-9-20(19)26)25(32)29-13-5-8-17-18(23(27)30)7-4-10-22(17)29/h2-4,6-7,9-12,14H,5,8,13H2,1H3,(H2,27,30)(H,28,31). The van der Waals surface area contributed by atoms with Crippen molar-refractivity contribution in [3.05, 3.63) is 94.3 Å². The minimum absolute atomic E-state index is 0.0763. The smallest absolute Gasteiger partial charge is 0.258 e. The average molecular weight is 431 g/mol. The molecule has 1 aliphatic heterocycles. The fourth-order valence-corrected chi connectivity index (χ4v) is 3.95. The highest BCUT2D eigenvalue weighted by Gasteiger charge is 2.26. The third-order valence-corrected chi connectivity index (χ3v) is 5.61. The molecule has 3 amide bonds. The Morgan fingerprint density at radius 2 is 1.75 bits per heavy atom. The maximum Gasteiger partial charge on any atom is 0.258 e. The number of nitrogens with two attached hydrogens (primary N) is 1. The van der Waals surface area contributed by atoms with Gasteiger partial charge < -0.3 is 16.0 Å². The zero-order valence-electron chi connectivity index (χ0n) is 17.5. The van der Waals surface area contributed by atoms with Crippen molar-refractivity contribution in [3.8, 4) is 0 Å². The molecule has 0 atom stereocenters. The van der Waals surface area contributed by atoms with E-state index >= 15 is 0 Å². The largest absolute Gasteiger partial charge is 0.366 e. The molecule has 0 spiro atoms. The van der Waals surface area contributed by atoms with Gasteiger partial charge in [-0.1, -0.05) is 24.3 Å². The van der Waals surface area contributed by atoms with Gasteiger partial charge in [0.2, 0.25) is 5.91 Å². The molecule has 0 aromatic heterocycles. The Balaban J connectivity index is 1.64. The van der Waals surface area contributed by atoms with Crippen molar-refractivity contribution in [1.82, 2.24) is 0 Å². The van der Waals surface area contributed by atoms with Crippen LogP contribution in [0.15, 0.2) is 60.7 Å². The zero-order valence-corrected chi connectivity index (χ0v) is 17.5. The number of benzene rings is 3. The normalized spacial score (nSPS) is 12.8. The second-order valence-corrected chi connectivity index (χ2v) is 7.69. The summed E-state index contributed by atoms with van der Waals surface area (Å²) in [5.74, 6) is -1.99. The number of rotatable bonds is 4. The van der Waals surface area contributed by atoms with Crippen LogP contribution in [-0.2, 0) is 6.42 Å². The molecule has 0 saturated carbocycles. The molecule has 3 aromatic rings. The second-order valence-electron chi connectivity index (χ2n) is 7.69. The van der Waals surface area contributed by atoms with E-state index in [1.54, 1.807) is 54.3 Å². The number of hydrogen-bond donors (Lipinski definition) is 2. The molecule has 32 heavy (non-hydrogen) atoms. The van der Waals surface area contributed by atoms with Crippen LogP contribution in [0.5, 0.6) is 0 Å². The summed E-state index contributed by atoms with van der Waals surface area (Å²) in [5.41, 5.74) is 8.80. The van der Waals surface area contributed by atoms with E-state index in [0.717, 1.165) is 11.1 Å². The van der Waals surface area contributed by atoms with Gasteiger partial charge in [-0.15, -0.1) is 0 Å². The van der Waals surface area contributed by atoms with Gasteiger partial charge in [0.05, 0.1) is 5.56 Å². The Morgan fingerprint density at radius 3 is 2.50 bits per heavy atom. The van der Waals surface area contributed by atoms with Gasteiger partial charge >= 0.3 is 0 Å². The highest BCUT2D eigenvalue weighted by Crippen LogP contribution is 2.31. The van der Waals surface area contributed by atoms with E-state index in [1.807, 2.05) is 0 Å². The van der Waals surface area contributed by atoms with E-state index in [9.17, 15) is 18.8 Å². The summed E-state index contributed by atoms with van der Waals surface area (Å²) in [4.78, 5) is 39.3. The molecule has 7 heteroatoms. The van der Waals surface area contributed by atoms with Gasteiger partial charge in [0.1, 0.15) is 5.82 Å². The van der Waals surface area contributed by atoms with Gasteiger partial charge in [-0.2, -0.15) is 0 Å². The number of carbonyl (C=O) groups excluding carboxylic acids is 3. The van der Waals surface area contributed by atoms with Gasteiger partial charge in [-0.3, -0.25) is 14.4 Å². The Morgan fingerprint density at radius 1 is 1.00 bits per heavy atom. The summed E-state index contributed by atoms with van der Waals surface area (Å²) in [6.45, 7) is 2.29. The molecule has 162 valence electrons. The van der Waals surface area contributed by atoms with Crippen LogP contribution in [0.2, 0.25) is 0 Å². The van der Waals surface area contributed by atoms with Crippen LogP contribution in [0, 0.1) is 12.7 Å². The van der Waals surface area contributed by atoms with Crippen LogP contribution in [0.1, 0.15) is 48.6 Å². The molecule has 0 saturated heterocycles.